The van der Waals surface area contributed by atoms with E-state index in [2.05, 4.69) is 12.2 Å². The molecule has 5 heteroatoms. The zero-order valence-electron chi connectivity index (χ0n) is 10.7. The van der Waals surface area contributed by atoms with Gasteiger partial charge in [0.05, 0.1) is 5.56 Å². The first kappa shape index (κ1) is 15.4. The Morgan fingerprint density at radius 1 is 1.17 bits per heavy atom. The van der Waals surface area contributed by atoms with Crippen molar-refractivity contribution in [2.45, 2.75) is 32.1 Å². The Bertz CT molecular complexity index is 361. The third kappa shape index (κ3) is 4.53. The number of alkyl halides is 3. The monoisotopic (exact) mass is 277 g/mol. The lowest BCUT2D eigenvalue weighted by Crippen LogP contribution is -2.30. The van der Waals surface area contributed by atoms with E-state index in [0.717, 1.165) is 23.4 Å². The van der Waals surface area contributed by atoms with Crippen molar-refractivity contribution in [1.29, 1.82) is 0 Å². The summed E-state index contributed by atoms with van der Waals surface area (Å²) < 4.78 is 37.2. The van der Waals surface area contributed by atoms with Crippen molar-refractivity contribution in [3.05, 3.63) is 35.4 Å². The summed E-state index contributed by atoms with van der Waals surface area (Å²) >= 11 is 1.74. The van der Waals surface area contributed by atoms with Gasteiger partial charge in [0.25, 0.3) is 0 Å². The summed E-state index contributed by atoms with van der Waals surface area (Å²) in [5.41, 5.74) is 0.270. The number of hydrogen-bond donors (Lipinski definition) is 1. The van der Waals surface area contributed by atoms with E-state index in [1.165, 1.54) is 12.1 Å². The Morgan fingerprint density at radius 2 is 1.72 bits per heavy atom. The van der Waals surface area contributed by atoms with Crippen LogP contribution in [0.2, 0.25) is 0 Å². The van der Waals surface area contributed by atoms with Crippen LogP contribution in [0.25, 0.3) is 0 Å². The lowest BCUT2D eigenvalue weighted by Gasteiger charge is -2.20. The van der Waals surface area contributed by atoms with Crippen LogP contribution < -0.4 is 5.32 Å². The van der Waals surface area contributed by atoms with E-state index in [4.69, 9.17) is 0 Å². The van der Waals surface area contributed by atoms with Gasteiger partial charge < -0.3 is 5.32 Å². The predicted octanol–water partition coefficient (Wildman–Crippen LogP) is 4.11. The van der Waals surface area contributed by atoms with Crippen LogP contribution in [0, 0.1) is 0 Å². The van der Waals surface area contributed by atoms with Crippen molar-refractivity contribution in [2.75, 3.05) is 12.0 Å². The Balaban J connectivity index is 2.67. The van der Waals surface area contributed by atoms with Crippen molar-refractivity contribution in [2.24, 2.45) is 0 Å². The molecule has 2 atom stereocenters. The van der Waals surface area contributed by atoms with Crippen LogP contribution in [0.15, 0.2) is 24.3 Å². The minimum atomic E-state index is -4.26. The normalized spacial score (nSPS) is 15.4. The Hall–Kier alpha value is -0.680. The number of thioether (sulfide) groups is 1. The van der Waals surface area contributed by atoms with Gasteiger partial charge in [-0.3, -0.25) is 0 Å². The van der Waals surface area contributed by atoms with Gasteiger partial charge in [-0.15, -0.1) is 0 Å². The van der Waals surface area contributed by atoms with E-state index in [1.807, 2.05) is 13.2 Å². The fraction of sp³-hybridized carbons (Fsp3) is 0.538. The van der Waals surface area contributed by atoms with Gasteiger partial charge in [0.15, 0.2) is 0 Å². The van der Waals surface area contributed by atoms with Crippen molar-refractivity contribution in [3.8, 4) is 0 Å². The second kappa shape index (κ2) is 6.48. The molecule has 0 saturated heterocycles. The molecule has 0 aliphatic heterocycles. The maximum absolute atomic E-state index is 12.4. The van der Waals surface area contributed by atoms with E-state index >= 15 is 0 Å². The molecule has 0 radical (unpaired) electrons. The molecule has 0 heterocycles. The van der Waals surface area contributed by atoms with E-state index in [0.29, 0.717) is 6.04 Å². The van der Waals surface area contributed by atoms with Gasteiger partial charge in [-0.25, -0.2) is 0 Å². The molecule has 0 aromatic heterocycles. The molecule has 0 bridgehead atoms. The second-order valence-corrected chi connectivity index (χ2v) is 5.28. The van der Waals surface area contributed by atoms with Crippen LogP contribution in [0.3, 0.4) is 0 Å². The highest BCUT2D eigenvalue weighted by Gasteiger charge is 2.30. The quantitative estimate of drug-likeness (QED) is 0.869. The molecular weight excluding hydrogens is 259 g/mol. The summed E-state index contributed by atoms with van der Waals surface area (Å²) in [6.45, 7) is 4.02. The zero-order chi connectivity index (χ0) is 13.8. The molecule has 0 amide bonds. The topological polar surface area (TPSA) is 12.0 Å². The maximum Gasteiger partial charge on any atom is 0.416 e. The summed E-state index contributed by atoms with van der Waals surface area (Å²) in [6.07, 6.45) is -2.23. The first-order valence-electron chi connectivity index (χ1n) is 5.76. The standard InChI is InChI=1S/C13H18F3NS/c1-9(8-18-3)17-10(2)11-4-6-12(7-5-11)13(14,15)16/h4-7,9-10,17H,8H2,1-3H3. The largest absolute Gasteiger partial charge is 0.416 e. The highest BCUT2D eigenvalue weighted by atomic mass is 32.2. The molecule has 1 aromatic carbocycles. The van der Waals surface area contributed by atoms with Crippen molar-refractivity contribution in [3.63, 3.8) is 0 Å². The number of halogens is 3. The first-order chi connectivity index (χ1) is 8.34. The summed E-state index contributed by atoms with van der Waals surface area (Å²) in [5, 5.41) is 3.35. The van der Waals surface area contributed by atoms with Gasteiger partial charge in [0.2, 0.25) is 0 Å². The Kier molecular flexibility index (Phi) is 5.53. The van der Waals surface area contributed by atoms with Crippen LogP contribution in [-0.2, 0) is 6.18 Å². The molecule has 0 fully saturated rings. The number of rotatable bonds is 5. The Labute approximate surface area is 110 Å². The molecule has 0 saturated carbocycles. The minimum absolute atomic E-state index is 0.0504. The lowest BCUT2D eigenvalue weighted by molar-refractivity contribution is -0.137. The number of benzene rings is 1. The molecule has 1 rings (SSSR count). The molecule has 0 aliphatic rings. The molecule has 2 unspecified atom stereocenters. The van der Waals surface area contributed by atoms with E-state index in [-0.39, 0.29) is 6.04 Å². The fourth-order valence-electron chi connectivity index (χ4n) is 1.78. The van der Waals surface area contributed by atoms with Crippen molar-refractivity contribution >= 4 is 11.8 Å². The van der Waals surface area contributed by atoms with Gasteiger partial charge in [0, 0.05) is 17.8 Å². The average Bonchev–Trinajstić information content (AvgIpc) is 2.28. The minimum Gasteiger partial charge on any atom is -0.307 e. The predicted molar refractivity (Wildman–Crippen MR) is 70.8 cm³/mol. The van der Waals surface area contributed by atoms with Crippen LogP contribution in [0.5, 0.6) is 0 Å². The van der Waals surface area contributed by atoms with E-state index in [1.54, 1.807) is 11.8 Å². The smallest absolute Gasteiger partial charge is 0.307 e. The highest BCUT2D eigenvalue weighted by molar-refractivity contribution is 7.98. The summed E-state index contributed by atoms with van der Waals surface area (Å²) in [7, 11) is 0. The summed E-state index contributed by atoms with van der Waals surface area (Å²) in [6, 6.07) is 5.71. The maximum atomic E-state index is 12.4. The van der Waals surface area contributed by atoms with Gasteiger partial charge in [-0.2, -0.15) is 24.9 Å². The highest BCUT2D eigenvalue weighted by Crippen LogP contribution is 2.29. The van der Waals surface area contributed by atoms with Gasteiger partial charge in [-0.05, 0) is 37.8 Å². The molecule has 1 aromatic rings. The van der Waals surface area contributed by atoms with Crippen molar-refractivity contribution < 1.29 is 13.2 Å². The van der Waals surface area contributed by atoms with Crippen LogP contribution in [0.1, 0.15) is 31.0 Å². The van der Waals surface area contributed by atoms with Gasteiger partial charge in [0.1, 0.15) is 0 Å². The molecule has 1 nitrogen and oxygen atoms in total. The van der Waals surface area contributed by atoms with Crippen LogP contribution in [0.4, 0.5) is 13.2 Å². The average molecular weight is 277 g/mol. The third-order valence-electron chi connectivity index (χ3n) is 2.69. The van der Waals surface area contributed by atoms with Gasteiger partial charge >= 0.3 is 6.18 Å². The third-order valence-corrected chi connectivity index (χ3v) is 3.52. The van der Waals surface area contributed by atoms with Gasteiger partial charge in [-0.1, -0.05) is 12.1 Å². The molecule has 1 N–H and O–H groups in total. The lowest BCUT2D eigenvalue weighted by atomic mass is 10.1. The fourth-order valence-corrected chi connectivity index (χ4v) is 2.38. The van der Waals surface area contributed by atoms with E-state index in [9.17, 15) is 13.2 Å². The number of hydrogen-bond acceptors (Lipinski definition) is 2. The number of nitrogens with one attached hydrogen (secondary N) is 1. The molecule has 102 valence electrons. The first-order valence-corrected chi connectivity index (χ1v) is 7.16. The molecule has 18 heavy (non-hydrogen) atoms. The second-order valence-electron chi connectivity index (χ2n) is 4.36. The summed E-state index contributed by atoms with van der Waals surface area (Å²) in [4.78, 5) is 0. The molecular formula is C13H18F3NS. The van der Waals surface area contributed by atoms with E-state index < -0.39 is 11.7 Å². The SMILES string of the molecule is CSCC(C)NC(C)c1ccc(C(F)(F)F)cc1. The summed E-state index contributed by atoms with van der Waals surface area (Å²) in [5.74, 6) is 0.977. The Morgan fingerprint density at radius 3 is 2.17 bits per heavy atom. The van der Waals surface area contributed by atoms with Crippen molar-refractivity contribution in [1.82, 2.24) is 5.32 Å². The van der Waals surface area contributed by atoms with Crippen LogP contribution in [-0.4, -0.2) is 18.1 Å². The molecule has 0 spiro atoms. The van der Waals surface area contributed by atoms with Crippen LogP contribution >= 0.6 is 11.8 Å². The zero-order valence-corrected chi connectivity index (χ0v) is 11.5. The molecule has 0 aliphatic carbocycles.